The Kier molecular flexibility index (Phi) is 3.99. The standard InChI is InChI=1S/C22H16N6/c1-3-9-15(10-4-1)19-23-21(27-25-19)17-13-7-8-14-18(17)22-24-20(26-28-22)16-11-5-2-6-12-16/h1-14H,(H,23,25,27)(H,24,26,28). The number of rotatable bonds is 4. The minimum atomic E-state index is 0.660. The van der Waals surface area contributed by atoms with Crippen molar-refractivity contribution >= 4 is 0 Å². The van der Waals surface area contributed by atoms with Crippen LogP contribution in [0.2, 0.25) is 0 Å². The molecular weight excluding hydrogens is 348 g/mol. The minimum absolute atomic E-state index is 0.660. The van der Waals surface area contributed by atoms with E-state index >= 15 is 0 Å². The van der Waals surface area contributed by atoms with Crippen LogP contribution in [0.15, 0.2) is 84.9 Å². The van der Waals surface area contributed by atoms with E-state index in [1.165, 1.54) is 0 Å². The molecular formula is C22H16N6. The number of hydrogen-bond donors (Lipinski definition) is 2. The number of benzene rings is 3. The third kappa shape index (κ3) is 2.97. The van der Waals surface area contributed by atoms with Crippen LogP contribution in [0, 0.1) is 0 Å². The quantitative estimate of drug-likeness (QED) is 0.488. The van der Waals surface area contributed by atoms with E-state index in [1.807, 2.05) is 84.9 Å². The van der Waals surface area contributed by atoms with Crippen LogP contribution in [0.4, 0.5) is 0 Å². The number of nitrogens with one attached hydrogen (secondary N) is 2. The zero-order valence-electron chi connectivity index (χ0n) is 14.9. The largest absolute Gasteiger partial charge is 0.321 e. The number of aromatic nitrogens is 6. The van der Waals surface area contributed by atoms with Gasteiger partial charge in [0.05, 0.1) is 0 Å². The molecule has 0 fully saturated rings. The van der Waals surface area contributed by atoms with Crippen LogP contribution in [-0.2, 0) is 0 Å². The van der Waals surface area contributed by atoms with E-state index < -0.39 is 0 Å². The Morgan fingerprint density at radius 3 is 1.82 bits per heavy atom. The van der Waals surface area contributed by atoms with E-state index in [1.54, 1.807) is 0 Å². The zero-order chi connectivity index (χ0) is 18.8. The third-order valence-corrected chi connectivity index (χ3v) is 4.49. The summed E-state index contributed by atoms with van der Waals surface area (Å²) < 4.78 is 0. The second-order valence-corrected chi connectivity index (χ2v) is 6.31. The molecule has 0 saturated heterocycles. The van der Waals surface area contributed by atoms with Gasteiger partial charge in [0.2, 0.25) is 0 Å². The van der Waals surface area contributed by atoms with Crippen molar-refractivity contribution in [1.29, 1.82) is 0 Å². The SMILES string of the molecule is c1ccc(-c2n[nH]c(-c3ccccc3-c3nnc(-c4ccccc4)[nH]3)n2)cc1. The highest BCUT2D eigenvalue weighted by Gasteiger charge is 2.15. The van der Waals surface area contributed by atoms with Crippen molar-refractivity contribution < 1.29 is 0 Å². The Hall–Kier alpha value is -4.06. The molecule has 0 saturated carbocycles. The Labute approximate surface area is 161 Å². The van der Waals surface area contributed by atoms with Crippen molar-refractivity contribution in [2.75, 3.05) is 0 Å². The zero-order valence-corrected chi connectivity index (χ0v) is 14.9. The molecule has 2 heterocycles. The summed E-state index contributed by atoms with van der Waals surface area (Å²) >= 11 is 0. The molecule has 0 radical (unpaired) electrons. The molecule has 0 unspecified atom stereocenters. The van der Waals surface area contributed by atoms with Crippen LogP contribution in [0.1, 0.15) is 0 Å². The smallest absolute Gasteiger partial charge is 0.181 e. The van der Waals surface area contributed by atoms with Crippen LogP contribution in [0.25, 0.3) is 45.6 Å². The van der Waals surface area contributed by atoms with E-state index in [0.29, 0.717) is 17.5 Å². The summed E-state index contributed by atoms with van der Waals surface area (Å²) in [5, 5.41) is 16.1. The maximum Gasteiger partial charge on any atom is 0.181 e. The Morgan fingerprint density at radius 2 is 1.11 bits per heavy atom. The molecule has 3 aromatic carbocycles. The van der Waals surface area contributed by atoms with Crippen LogP contribution in [-0.4, -0.2) is 30.4 Å². The molecule has 2 aromatic heterocycles. The molecule has 134 valence electrons. The first kappa shape index (κ1) is 16.1. The van der Waals surface area contributed by atoms with Gasteiger partial charge in [-0.2, -0.15) is 5.10 Å². The number of aromatic amines is 2. The average Bonchev–Trinajstić information content (AvgIpc) is 3.45. The van der Waals surface area contributed by atoms with Gasteiger partial charge in [-0.1, -0.05) is 84.9 Å². The minimum Gasteiger partial charge on any atom is -0.321 e. The van der Waals surface area contributed by atoms with Crippen molar-refractivity contribution in [3.05, 3.63) is 84.9 Å². The predicted molar refractivity (Wildman–Crippen MR) is 108 cm³/mol. The van der Waals surface area contributed by atoms with Gasteiger partial charge in [0.1, 0.15) is 0 Å². The highest BCUT2D eigenvalue weighted by molar-refractivity contribution is 5.78. The number of nitrogens with zero attached hydrogens (tertiary/aromatic N) is 4. The van der Waals surface area contributed by atoms with Gasteiger partial charge in [0, 0.05) is 22.3 Å². The molecule has 2 N–H and O–H groups in total. The fraction of sp³-hybridized carbons (Fsp3) is 0. The molecule has 6 heteroatoms. The van der Waals surface area contributed by atoms with Gasteiger partial charge < -0.3 is 4.98 Å². The van der Waals surface area contributed by atoms with Gasteiger partial charge in [-0.3, -0.25) is 5.10 Å². The highest BCUT2D eigenvalue weighted by Crippen LogP contribution is 2.30. The van der Waals surface area contributed by atoms with Gasteiger partial charge in [-0.15, -0.1) is 10.2 Å². The lowest BCUT2D eigenvalue weighted by Crippen LogP contribution is -1.89. The lowest BCUT2D eigenvalue weighted by Gasteiger charge is -2.03. The van der Waals surface area contributed by atoms with Gasteiger partial charge in [0.25, 0.3) is 0 Å². The molecule has 0 atom stereocenters. The average molecular weight is 364 g/mol. The van der Waals surface area contributed by atoms with E-state index in [0.717, 1.165) is 28.1 Å². The first-order valence-electron chi connectivity index (χ1n) is 8.94. The third-order valence-electron chi connectivity index (χ3n) is 4.49. The van der Waals surface area contributed by atoms with Gasteiger partial charge in [-0.25, -0.2) is 4.98 Å². The Bertz CT molecular complexity index is 1110. The molecule has 0 aliphatic rings. The molecule has 5 rings (SSSR count). The number of H-pyrrole nitrogens is 2. The second-order valence-electron chi connectivity index (χ2n) is 6.31. The van der Waals surface area contributed by atoms with Gasteiger partial charge >= 0.3 is 0 Å². The van der Waals surface area contributed by atoms with E-state index in [4.69, 9.17) is 0 Å². The summed E-state index contributed by atoms with van der Waals surface area (Å²) in [6, 6.07) is 27.8. The van der Waals surface area contributed by atoms with Crippen molar-refractivity contribution in [1.82, 2.24) is 30.4 Å². The van der Waals surface area contributed by atoms with E-state index in [-0.39, 0.29) is 0 Å². The second kappa shape index (κ2) is 6.92. The van der Waals surface area contributed by atoms with Crippen molar-refractivity contribution in [3.8, 4) is 45.6 Å². The predicted octanol–water partition coefficient (Wildman–Crippen LogP) is 4.59. The van der Waals surface area contributed by atoms with Crippen molar-refractivity contribution in [2.24, 2.45) is 0 Å². The molecule has 0 bridgehead atoms. The van der Waals surface area contributed by atoms with Gasteiger partial charge in [0.15, 0.2) is 23.3 Å². The highest BCUT2D eigenvalue weighted by atomic mass is 15.2. The summed E-state index contributed by atoms with van der Waals surface area (Å²) in [6.07, 6.45) is 0. The fourth-order valence-corrected chi connectivity index (χ4v) is 3.10. The molecule has 0 aliphatic heterocycles. The van der Waals surface area contributed by atoms with Gasteiger partial charge in [-0.05, 0) is 0 Å². The molecule has 6 nitrogen and oxygen atoms in total. The first-order chi connectivity index (χ1) is 13.9. The maximum atomic E-state index is 4.67. The van der Waals surface area contributed by atoms with E-state index in [2.05, 4.69) is 30.4 Å². The number of hydrogen-bond acceptors (Lipinski definition) is 4. The Balaban J connectivity index is 1.54. The Morgan fingerprint density at radius 1 is 0.536 bits per heavy atom. The molecule has 5 aromatic rings. The normalized spacial score (nSPS) is 10.9. The summed E-state index contributed by atoms with van der Waals surface area (Å²) in [6.45, 7) is 0. The topological polar surface area (TPSA) is 83.1 Å². The monoisotopic (exact) mass is 364 g/mol. The van der Waals surface area contributed by atoms with Crippen LogP contribution >= 0.6 is 0 Å². The molecule has 0 amide bonds. The van der Waals surface area contributed by atoms with Crippen LogP contribution < -0.4 is 0 Å². The molecule has 28 heavy (non-hydrogen) atoms. The lowest BCUT2D eigenvalue weighted by atomic mass is 10.1. The van der Waals surface area contributed by atoms with Crippen molar-refractivity contribution in [2.45, 2.75) is 0 Å². The molecule has 0 spiro atoms. The van der Waals surface area contributed by atoms with Crippen LogP contribution in [0.3, 0.4) is 0 Å². The van der Waals surface area contributed by atoms with Crippen molar-refractivity contribution in [3.63, 3.8) is 0 Å². The maximum absolute atomic E-state index is 4.67. The first-order valence-corrected chi connectivity index (χ1v) is 8.94. The summed E-state index contributed by atoms with van der Waals surface area (Å²) in [5.74, 6) is 2.76. The lowest BCUT2D eigenvalue weighted by molar-refractivity contribution is 1.09. The fourth-order valence-electron chi connectivity index (χ4n) is 3.10. The summed E-state index contributed by atoms with van der Waals surface area (Å²) in [4.78, 5) is 7.98. The van der Waals surface area contributed by atoms with E-state index in [9.17, 15) is 0 Å². The summed E-state index contributed by atoms with van der Waals surface area (Å²) in [5.41, 5.74) is 3.78. The van der Waals surface area contributed by atoms with Crippen LogP contribution in [0.5, 0.6) is 0 Å². The summed E-state index contributed by atoms with van der Waals surface area (Å²) in [7, 11) is 0. The molecule has 0 aliphatic carbocycles.